The van der Waals surface area contributed by atoms with Crippen molar-refractivity contribution in [3.63, 3.8) is 0 Å². The Kier molecular flexibility index (Phi) is 2.71. The van der Waals surface area contributed by atoms with E-state index >= 15 is 0 Å². The van der Waals surface area contributed by atoms with Crippen LogP contribution in [0.25, 0.3) is 0 Å². The summed E-state index contributed by atoms with van der Waals surface area (Å²) in [5.74, 6) is 0. The van der Waals surface area contributed by atoms with Crippen LogP contribution >= 0.6 is 0 Å². The van der Waals surface area contributed by atoms with Crippen molar-refractivity contribution in [3.8, 4) is 0 Å². The number of benzene rings is 2. The van der Waals surface area contributed by atoms with Crippen molar-refractivity contribution < 1.29 is 0 Å². The Morgan fingerprint density at radius 1 is 1.00 bits per heavy atom. The largest absolute Gasteiger partial charge is 0.327 e. The standard InChI is InChI=1S/C17H19N/c1-17(14-8-3-2-4-9-14)12-15(18)11-13-7-5-6-10-16(13)17/h2-10,15H,11-12,18H2,1H3/t15-,17-/m1/s1. The van der Waals surface area contributed by atoms with Gasteiger partial charge in [0.25, 0.3) is 0 Å². The monoisotopic (exact) mass is 237 g/mol. The van der Waals surface area contributed by atoms with Crippen molar-refractivity contribution in [3.05, 3.63) is 71.3 Å². The van der Waals surface area contributed by atoms with Gasteiger partial charge >= 0.3 is 0 Å². The summed E-state index contributed by atoms with van der Waals surface area (Å²) in [5, 5.41) is 0. The van der Waals surface area contributed by atoms with E-state index in [1.165, 1.54) is 16.7 Å². The summed E-state index contributed by atoms with van der Waals surface area (Å²) in [6.07, 6.45) is 2.02. The highest BCUT2D eigenvalue weighted by molar-refractivity contribution is 5.45. The fraction of sp³-hybridized carbons (Fsp3) is 0.294. The number of nitrogens with two attached hydrogens (primary N) is 1. The molecule has 1 nitrogen and oxygen atoms in total. The lowest BCUT2D eigenvalue weighted by Gasteiger charge is -2.39. The molecule has 0 heterocycles. The van der Waals surface area contributed by atoms with E-state index in [-0.39, 0.29) is 11.5 Å². The highest BCUT2D eigenvalue weighted by atomic mass is 14.7. The molecule has 2 aromatic rings. The fourth-order valence-corrected chi connectivity index (χ4v) is 3.30. The Bertz CT molecular complexity index is 547. The summed E-state index contributed by atoms with van der Waals surface area (Å²) >= 11 is 0. The molecule has 92 valence electrons. The maximum absolute atomic E-state index is 6.26. The molecule has 0 aliphatic heterocycles. The zero-order valence-electron chi connectivity index (χ0n) is 10.8. The molecule has 2 atom stereocenters. The Labute approximate surface area is 109 Å². The summed E-state index contributed by atoms with van der Waals surface area (Å²) in [6.45, 7) is 2.32. The van der Waals surface area contributed by atoms with Gasteiger partial charge in [0.1, 0.15) is 0 Å². The van der Waals surface area contributed by atoms with Crippen LogP contribution in [-0.2, 0) is 11.8 Å². The van der Waals surface area contributed by atoms with Crippen LogP contribution in [0.4, 0.5) is 0 Å². The first-order chi connectivity index (χ1) is 8.70. The molecule has 1 aliphatic rings. The molecule has 18 heavy (non-hydrogen) atoms. The van der Waals surface area contributed by atoms with Gasteiger partial charge in [-0.1, -0.05) is 61.5 Å². The van der Waals surface area contributed by atoms with Crippen LogP contribution in [0.2, 0.25) is 0 Å². The normalized spacial score (nSPS) is 26.7. The number of hydrogen-bond donors (Lipinski definition) is 1. The minimum absolute atomic E-state index is 0.0511. The maximum Gasteiger partial charge on any atom is 0.0192 e. The molecule has 3 rings (SSSR count). The molecule has 0 saturated heterocycles. The minimum atomic E-state index is 0.0511. The predicted octanol–water partition coefficient (Wildman–Crippen LogP) is 3.27. The number of fused-ring (bicyclic) bond motifs is 1. The third-order valence-corrected chi connectivity index (χ3v) is 4.18. The van der Waals surface area contributed by atoms with Crippen LogP contribution in [-0.4, -0.2) is 6.04 Å². The van der Waals surface area contributed by atoms with Gasteiger partial charge in [0, 0.05) is 11.5 Å². The third kappa shape index (κ3) is 1.75. The van der Waals surface area contributed by atoms with Gasteiger partial charge in [-0.3, -0.25) is 0 Å². The first-order valence-electron chi connectivity index (χ1n) is 6.59. The van der Waals surface area contributed by atoms with E-state index in [4.69, 9.17) is 5.73 Å². The van der Waals surface area contributed by atoms with Crippen molar-refractivity contribution >= 4 is 0 Å². The van der Waals surface area contributed by atoms with Crippen LogP contribution in [0.3, 0.4) is 0 Å². The second-order valence-corrected chi connectivity index (χ2v) is 5.52. The van der Waals surface area contributed by atoms with Crippen molar-refractivity contribution in [1.29, 1.82) is 0 Å². The van der Waals surface area contributed by atoms with Gasteiger partial charge in [-0.15, -0.1) is 0 Å². The van der Waals surface area contributed by atoms with Crippen molar-refractivity contribution in [2.45, 2.75) is 31.2 Å². The Hall–Kier alpha value is -1.60. The summed E-state index contributed by atoms with van der Waals surface area (Å²) < 4.78 is 0. The summed E-state index contributed by atoms with van der Waals surface area (Å²) in [5.41, 5.74) is 10.5. The van der Waals surface area contributed by atoms with E-state index < -0.39 is 0 Å². The molecule has 0 bridgehead atoms. The molecule has 0 spiro atoms. The quantitative estimate of drug-likeness (QED) is 0.809. The van der Waals surface area contributed by atoms with Crippen LogP contribution in [0.1, 0.15) is 30.0 Å². The average molecular weight is 237 g/mol. The lowest BCUT2D eigenvalue weighted by molar-refractivity contribution is 0.418. The van der Waals surface area contributed by atoms with E-state index in [1.54, 1.807) is 0 Å². The molecule has 0 aromatic heterocycles. The van der Waals surface area contributed by atoms with Crippen molar-refractivity contribution in [2.24, 2.45) is 5.73 Å². The fourth-order valence-electron chi connectivity index (χ4n) is 3.30. The van der Waals surface area contributed by atoms with Gasteiger partial charge in [-0.05, 0) is 29.5 Å². The molecule has 1 heteroatoms. The van der Waals surface area contributed by atoms with Crippen molar-refractivity contribution in [2.75, 3.05) is 0 Å². The molecule has 0 radical (unpaired) electrons. The molecular formula is C17H19N. The van der Waals surface area contributed by atoms with Gasteiger partial charge in [0.2, 0.25) is 0 Å². The van der Waals surface area contributed by atoms with Crippen LogP contribution in [0.15, 0.2) is 54.6 Å². The van der Waals surface area contributed by atoms with Crippen molar-refractivity contribution in [1.82, 2.24) is 0 Å². The van der Waals surface area contributed by atoms with Crippen LogP contribution in [0.5, 0.6) is 0 Å². The molecule has 2 N–H and O–H groups in total. The molecule has 0 unspecified atom stereocenters. The second-order valence-electron chi connectivity index (χ2n) is 5.52. The maximum atomic E-state index is 6.26. The van der Waals surface area contributed by atoms with E-state index in [0.29, 0.717) is 0 Å². The molecule has 0 fully saturated rings. The zero-order chi connectivity index (χ0) is 12.6. The van der Waals surface area contributed by atoms with E-state index in [1.807, 2.05) is 0 Å². The highest BCUT2D eigenvalue weighted by Gasteiger charge is 2.36. The smallest absolute Gasteiger partial charge is 0.0192 e. The molecule has 2 aromatic carbocycles. The van der Waals surface area contributed by atoms with E-state index in [0.717, 1.165) is 12.8 Å². The topological polar surface area (TPSA) is 26.0 Å². The Morgan fingerprint density at radius 3 is 2.44 bits per heavy atom. The highest BCUT2D eigenvalue weighted by Crippen LogP contribution is 2.41. The average Bonchev–Trinajstić information content (AvgIpc) is 2.39. The number of hydrogen-bond acceptors (Lipinski definition) is 1. The van der Waals surface area contributed by atoms with Gasteiger partial charge in [-0.25, -0.2) is 0 Å². The van der Waals surface area contributed by atoms with Gasteiger partial charge < -0.3 is 5.73 Å². The molecule has 0 amide bonds. The minimum Gasteiger partial charge on any atom is -0.327 e. The lowest BCUT2D eigenvalue weighted by Crippen LogP contribution is -2.40. The summed E-state index contributed by atoms with van der Waals surface area (Å²) in [4.78, 5) is 0. The lowest BCUT2D eigenvalue weighted by atomic mass is 9.66. The molecular weight excluding hydrogens is 218 g/mol. The van der Waals surface area contributed by atoms with E-state index in [2.05, 4.69) is 61.5 Å². The van der Waals surface area contributed by atoms with Gasteiger partial charge in [-0.2, -0.15) is 0 Å². The summed E-state index contributed by atoms with van der Waals surface area (Å²) in [7, 11) is 0. The SMILES string of the molecule is C[C@]1(c2ccccc2)C[C@H](N)Cc2ccccc21. The third-order valence-electron chi connectivity index (χ3n) is 4.18. The van der Waals surface area contributed by atoms with Gasteiger partial charge in [0.05, 0.1) is 0 Å². The predicted molar refractivity (Wildman–Crippen MR) is 75.6 cm³/mol. The Morgan fingerprint density at radius 2 is 1.67 bits per heavy atom. The van der Waals surface area contributed by atoms with Crippen LogP contribution in [0, 0.1) is 0 Å². The second kappa shape index (κ2) is 4.25. The van der Waals surface area contributed by atoms with Gasteiger partial charge in [0.15, 0.2) is 0 Å². The summed E-state index contributed by atoms with van der Waals surface area (Å²) in [6, 6.07) is 19.7. The first kappa shape index (κ1) is 11.5. The number of rotatable bonds is 1. The van der Waals surface area contributed by atoms with Crippen LogP contribution < -0.4 is 5.73 Å². The Balaban J connectivity index is 2.17. The molecule has 0 saturated carbocycles. The zero-order valence-corrected chi connectivity index (χ0v) is 10.8. The van der Waals surface area contributed by atoms with E-state index in [9.17, 15) is 0 Å². The molecule has 1 aliphatic carbocycles. The first-order valence-corrected chi connectivity index (χ1v) is 6.59.